The highest BCUT2D eigenvalue weighted by Gasteiger charge is 2.07. The van der Waals surface area contributed by atoms with Gasteiger partial charge in [-0.15, -0.1) is 0 Å². The Morgan fingerprint density at radius 3 is 2.67 bits per heavy atom. The van der Waals surface area contributed by atoms with Crippen molar-refractivity contribution in [2.24, 2.45) is 0 Å². The molecular formula is C19H20N2O3. The number of ether oxygens (including phenoxy) is 2. The SMILES string of the molecule is COc1ccc(-c2nc(COCCCc3ccccn3)co2)cc1. The maximum atomic E-state index is 5.66. The molecule has 3 aromatic rings. The number of oxazole rings is 1. The van der Waals surface area contributed by atoms with Gasteiger partial charge in [-0.2, -0.15) is 0 Å². The molecule has 24 heavy (non-hydrogen) atoms. The Bertz CT molecular complexity index is 739. The van der Waals surface area contributed by atoms with E-state index < -0.39 is 0 Å². The van der Waals surface area contributed by atoms with Crippen LogP contribution in [0.25, 0.3) is 11.5 Å². The van der Waals surface area contributed by atoms with Gasteiger partial charge in [-0.05, 0) is 49.2 Å². The molecule has 0 unspecified atom stereocenters. The van der Waals surface area contributed by atoms with Gasteiger partial charge in [0, 0.05) is 24.1 Å². The molecule has 0 saturated heterocycles. The normalized spacial score (nSPS) is 10.7. The molecule has 1 aromatic carbocycles. The second-order valence-electron chi connectivity index (χ2n) is 5.35. The first-order valence-electron chi connectivity index (χ1n) is 7.91. The molecule has 0 radical (unpaired) electrons. The van der Waals surface area contributed by atoms with Gasteiger partial charge in [0.15, 0.2) is 0 Å². The fourth-order valence-corrected chi connectivity index (χ4v) is 2.32. The lowest BCUT2D eigenvalue weighted by atomic mass is 10.2. The van der Waals surface area contributed by atoms with Crippen LogP contribution in [0.15, 0.2) is 59.3 Å². The van der Waals surface area contributed by atoms with E-state index in [4.69, 9.17) is 13.9 Å². The molecule has 5 heteroatoms. The lowest BCUT2D eigenvalue weighted by Crippen LogP contribution is -1.98. The largest absolute Gasteiger partial charge is 0.497 e. The lowest BCUT2D eigenvalue weighted by Gasteiger charge is -2.02. The van der Waals surface area contributed by atoms with Crippen LogP contribution >= 0.6 is 0 Å². The molecule has 2 heterocycles. The molecule has 0 aliphatic carbocycles. The van der Waals surface area contributed by atoms with Crippen molar-refractivity contribution in [2.45, 2.75) is 19.4 Å². The summed E-state index contributed by atoms with van der Waals surface area (Å²) in [5.41, 5.74) is 2.79. The quantitative estimate of drug-likeness (QED) is 0.588. The molecule has 0 atom stereocenters. The second-order valence-corrected chi connectivity index (χ2v) is 5.35. The molecule has 0 spiro atoms. The van der Waals surface area contributed by atoms with Gasteiger partial charge in [0.1, 0.15) is 17.7 Å². The van der Waals surface area contributed by atoms with Crippen LogP contribution in [0.2, 0.25) is 0 Å². The minimum Gasteiger partial charge on any atom is -0.497 e. The van der Waals surface area contributed by atoms with Gasteiger partial charge in [0.25, 0.3) is 0 Å². The van der Waals surface area contributed by atoms with E-state index in [1.54, 1.807) is 13.4 Å². The monoisotopic (exact) mass is 324 g/mol. The highest BCUT2D eigenvalue weighted by molar-refractivity contribution is 5.54. The summed E-state index contributed by atoms with van der Waals surface area (Å²) in [4.78, 5) is 8.74. The van der Waals surface area contributed by atoms with Crippen molar-refractivity contribution in [3.8, 4) is 17.2 Å². The predicted molar refractivity (Wildman–Crippen MR) is 90.7 cm³/mol. The maximum absolute atomic E-state index is 5.66. The summed E-state index contributed by atoms with van der Waals surface area (Å²) in [6.45, 7) is 1.11. The topological polar surface area (TPSA) is 57.4 Å². The first-order chi connectivity index (χ1) is 11.8. The van der Waals surface area contributed by atoms with Gasteiger partial charge in [-0.1, -0.05) is 6.07 Å². The van der Waals surface area contributed by atoms with E-state index in [0.29, 0.717) is 19.1 Å². The summed E-state index contributed by atoms with van der Waals surface area (Å²) in [7, 11) is 1.64. The molecule has 0 saturated carbocycles. The van der Waals surface area contributed by atoms with E-state index in [0.717, 1.165) is 35.5 Å². The highest BCUT2D eigenvalue weighted by atomic mass is 16.5. The highest BCUT2D eigenvalue weighted by Crippen LogP contribution is 2.21. The number of rotatable bonds is 8. The van der Waals surface area contributed by atoms with E-state index >= 15 is 0 Å². The third-order valence-electron chi connectivity index (χ3n) is 3.59. The van der Waals surface area contributed by atoms with Gasteiger partial charge in [-0.25, -0.2) is 4.98 Å². The number of hydrogen-bond acceptors (Lipinski definition) is 5. The number of aryl methyl sites for hydroxylation is 1. The van der Waals surface area contributed by atoms with Crippen LogP contribution in [0.4, 0.5) is 0 Å². The van der Waals surface area contributed by atoms with Gasteiger partial charge in [-0.3, -0.25) is 4.98 Å². The van der Waals surface area contributed by atoms with Crippen molar-refractivity contribution in [2.75, 3.05) is 13.7 Å². The average molecular weight is 324 g/mol. The average Bonchev–Trinajstić information content (AvgIpc) is 3.11. The Balaban J connectivity index is 1.44. The van der Waals surface area contributed by atoms with E-state index in [1.807, 2.05) is 48.7 Å². The van der Waals surface area contributed by atoms with Crippen molar-refractivity contribution >= 4 is 0 Å². The summed E-state index contributed by atoms with van der Waals surface area (Å²) >= 11 is 0. The Kier molecular flexibility index (Phi) is 5.58. The van der Waals surface area contributed by atoms with Crippen LogP contribution < -0.4 is 4.74 Å². The number of hydrogen-bond donors (Lipinski definition) is 0. The lowest BCUT2D eigenvalue weighted by molar-refractivity contribution is 0.116. The number of aromatic nitrogens is 2. The Morgan fingerprint density at radius 2 is 1.92 bits per heavy atom. The molecule has 0 amide bonds. The number of nitrogens with zero attached hydrogens (tertiary/aromatic N) is 2. The molecule has 2 aromatic heterocycles. The molecule has 124 valence electrons. The Hall–Kier alpha value is -2.66. The molecule has 0 aliphatic heterocycles. The van der Waals surface area contributed by atoms with Crippen LogP contribution in [0.1, 0.15) is 17.8 Å². The summed E-state index contributed by atoms with van der Waals surface area (Å²) < 4.78 is 16.3. The number of benzene rings is 1. The van der Waals surface area contributed by atoms with Crippen molar-refractivity contribution < 1.29 is 13.9 Å². The van der Waals surface area contributed by atoms with Crippen LogP contribution in [0.5, 0.6) is 5.75 Å². The smallest absolute Gasteiger partial charge is 0.226 e. The Morgan fingerprint density at radius 1 is 1.04 bits per heavy atom. The fraction of sp³-hybridized carbons (Fsp3) is 0.263. The minimum absolute atomic E-state index is 0.446. The summed E-state index contributed by atoms with van der Waals surface area (Å²) in [5, 5.41) is 0. The van der Waals surface area contributed by atoms with E-state index in [9.17, 15) is 0 Å². The van der Waals surface area contributed by atoms with Gasteiger partial charge < -0.3 is 13.9 Å². The van der Waals surface area contributed by atoms with Crippen molar-refractivity contribution in [3.63, 3.8) is 0 Å². The fourth-order valence-electron chi connectivity index (χ4n) is 2.32. The van der Waals surface area contributed by atoms with Crippen LogP contribution in [-0.2, 0) is 17.8 Å². The molecule has 0 aliphatic rings. The second kappa shape index (κ2) is 8.26. The third-order valence-corrected chi connectivity index (χ3v) is 3.59. The molecule has 0 bridgehead atoms. The van der Waals surface area contributed by atoms with E-state index in [-0.39, 0.29) is 0 Å². The zero-order valence-corrected chi connectivity index (χ0v) is 13.6. The van der Waals surface area contributed by atoms with Crippen molar-refractivity contribution in [1.29, 1.82) is 0 Å². The van der Waals surface area contributed by atoms with E-state index in [1.165, 1.54) is 0 Å². The van der Waals surface area contributed by atoms with E-state index in [2.05, 4.69) is 9.97 Å². The molecule has 0 fully saturated rings. The zero-order chi connectivity index (χ0) is 16.6. The molecule has 5 nitrogen and oxygen atoms in total. The minimum atomic E-state index is 0.446. The molecule has 0 N–H and O–H groups in total. The third kappa shape index (κ3) is 4.43. The van der Waals surface area contributed by atoms with Crippen molar-refractivity contribution in [3.05, 3.63) is 66.3 Å². The molecule has 3 rings (SSSR count). The van der Waals surface area contributed by atoms with Crippen LogP contribution in [-0.4, -0.2) is 23.7 Å². The Labute approximate surface area is 141 Å². The van der Waals surface area contributed by atoms with Gasteiger partial charge in [0.05, 0.1) is 13.7 Å². The zero-order valence-electron chi connectivity index (χ0n) is 13.6. The summed E-state index contributed by atoms with van der Waals surface area (Å²) in [5.74, 6) is 1.39. The van der Waals surface area contributed by atoms with Crippen molar-refractivity contribution in [1.82, 2.24) is 9.97 Å². The van der Waals surface area contributed by atoms with Crippen LogP contribution in [0.3, 0.4) is 0 Å². The molecular weight excluding hydrogens is 304 g/mol. The standard InChI is InChI=1S/C19H20N2O3/c1-22-18-9-7-15(8-10-18)19-21-17(14-24-19)13-23-12-4-6-16-5-2-3-11-20-16/h2-3,5,7-11,14H,4,6,12-13H2,1H3. The van der Waals surface area contributed by atoms with Gasteiger partial charge in [0.2, 0.25) is 5.89 Å². The first kappa shape index (κ1) is 16.2. The van der Waals surface area contributed by atoms with Gasteiger partial charge >= 0.3 is 0 Å². The number of pyridine rings is 1. The number of methoxy groups -OCH3 is 1. The first-order valence-corrected chi connectivity index (χ1v) is 7.91. The maximum Gasteiger partial charge on any atom is 0.226 e. The summed E-state index contributed by atoms with van der Waals surface area (Å²) in [6.07, 6.45) is 5.29. The summed E-state index contributed by atoms with van der Waals surface area (Å²) in [6, 6.07) is 13.5. The van der Waals surface area contributed by atoms with Crippen LogP contribution in [0, 0.1) is 0 Å². The predicted octanol–water partition coefficient (Wildman–Crippen LogP) is 3.89.